The maximum Gasteiger partial charge on any atom is 0.261 e. The van der Waals surface area contributed by atoms with E-state index in [1.807, 2.05) is 7.11 Å². The highest BCUT2D eigenvalue weighted by Gasteiger charge is 2.76. The molecule has 1 saturated heterocycles. The normalized spacial score (nSPS) is 30.5. The van der Waals surface area contributed by atoms with Gasteiger partial charge in [-0.3, -0.25) is 0 Å². The van der Waals surface area contributed by atoms with Crippen LogP contribution in [0.15, 0.2) is 60.7 Å². The molecule has 0 amide bonds. The third kappa shape index (κ3) is 3.25. The van der Waals surface area contributed by atoms with E-state index in [9.17, 15) is 0 Å². The predicted molar refractivity (Wildman–Crippen MR) is 139 cm³/mol. The molecule has 2 aromatic rings. The lowest BCUT2D eigenvalue weighted by atomic mass is 9.61. The van der Waals surface area contributed by atoms with E-state index in [0.717, 1.165) is 0 Å². The average Bonchev–Trinajstić information content (AvgIpc) is 3.13. The third-order valence-corrected chi connectivity index (χ3v) is 14.3. The average molecular weight is 467 g/mol. The Morgan fingerprint density at radius 2 is 1.36 bits per heavy atom. The van der Waals surface area contributed by atoms with Crippen molar-refractivity contribution in [3.63, 3.8) is 0 Å². The number of benzene rings is 2. The number of hydrogen-bond donors (Lipinski definition) is 0. The Morgan fingerprint density at radius 3 is 1.79 bits per heavy atom. The molecule has 180 valence electrons. The highest BCUT2D eigenvalue weighted by molar-refractivity contribution is 6.99. The zero-order valence-corrected chi connectivity index (χ0v) is 22.9. The first-order valence-electron chi connectivity index (χ1n) is 12.3. The van der Waals surface area contributed by atoms with E-state index in [-0.39, 0.29) is 28.1 Å². The van der Waals surface area contributed by atoms with Crippen molar-refractivity contribution < 1.29 is 13.9 Å². The van der Waals surface area contributed by atoms with Crippen LogP contribution >= 0.6 is 0 Å². The summed E-state index contributed by atoms with van der Waals surface area (Å²) in [4.78, 5) is 0. The summed E-state index contributed by atoms with van der Waals surface area (Å²) in [6.45, 7) is 19.2. The number of methoxy groups -OCH3 is 1. The minimum absolute atomic E-state index is 0.00992. The van der Waals surface area contributed by atoms with Crippen molar-refractivity contribution in [3.8, 4) is 0 Å². The summed E-state index contributed by atoms with van der Waals surface area (Å²) in [5.41, 5.74) is -0.536. The summed E-state index contributed by atoms with van der Waals surface area (Å²) in [5, 5.41) is 2.52. The Bertz CT molecular complexity index is 924. The molecule has 1 heterocycles. The van der Waals surface area contributed by atoms with Gasteiger partial charge in [-0.25, -0.2) is 0 Å². The highest BCUT2D eigenvalue weighted by Crippen LogP contribution is 2.69. The molecular formula is C29H42O3Si. The van der Waals surface area contributed by atoms with E-state index < -0.39 is 13.9 Å². The predicted octanol–water partition coefficient (Wildman–Crippen LogP) is 5.42. The van der Waals surface area contributed by atoms with Gasteiger partial charge < -0.3 is 13.9 Å². The molecule has 0 N–H and O–H groups in total. The number of fused-ring (bicyclic) bond motifs is 2. The van der Waals surface area contributed by atoms with Gasteiger partial charge in [-0.2, -0.15) is 0 Å². The van der Waals surface area contributed by atoms with E-state index in [0.29, 0.717) is 12.5 Å². The fourth-order valence-electron chi connectivity index (χ4n) is 7.05. The monoisotopic (exact) mass is 466 g/mol. The summed E-state index contributed by atoms with van der Waals surface area (Å²) in [6.07, 6.45) is 0.149. The van der Waals surface area contributed by atoms with Crippen LogP contribution in [-0.4, -0.2) is 39.8 Å². The first-order chi connectivity index (χ1) is 15.4. The first kappa shape index (κ1) is 24.7. The summed E-state index contributed by atoms with van der Waals surface area (Å²) >= 11 is 0. The van der Waals surface area contributed by atoms with E-state index in [1.54, 1.807) is 0 Å². The van der Waals surface area contributed by atoms with Crippen LogP contribution < -0.4 is 10.4 Å². The fraction of sp³-hybridized carbons (Fsp3) is 0.586. The second kappa shape index (κ2) is 8.05. The van der Waals surface area contributed by atoms with E-state index in [1.165, 1.54) is 10.4 Å². The molecule has 0 unspecified atom stereocenters. The lowest BCUT2D eigenvalue weighted by Crippen LogP contribution is -2.69. The molecule has 1 saturated carbocycles. The first-order valence-corrected chi connectivity index (χ1v) is 14.2. The Balaban J connectivity index is 1.87. The van der Waals surface area contributed by atoms with Crippen molar-refractivity contribution in [3.05, 3.63) is 60.7 Å². The topological polar surface area (TPSA) is 27.7 Å². The van der Waals surface area contributed by atoms with Crippen LogP contribution in [0.5, 0.6) is 0 Å². The molecule has 4 atom stereocenters. The van der Waals surface area contributed by atoms with E-state index >= 15 is 0 Å². The van der Waals surface area contributed by atoms with E-state index in [4.69, 9.17) is 13.9 Å². The SMILES string of the molecule is CO[C@H]1[C@@H]2[C@@H](C)O[C@@]1(CO[Si](c1ccccc1)(c1ccccc1)C(C)(C)C)C(C)(C)C2(C)C. The van der Waals surface area contributed by atoms with Crippen molar-refractivity contribution in [2.45, 2.75) is 78.2 Å². The molecule has 2 aromatic carbocycles. The van der Waals surface area contributed by atoms with Crippen molar-refractivity contribution in [1.82, 2.24) is 0 Å². The zero-order chi connectivity index (χ0) is 24.3. The van der Waals surface area contributed by atoms with Crippen LogP contribution in [0, 0.1) is 16.7 Å². The van der Waals surface area contributed by atoms with Crippen LogP contribution in [0.4, 0.5) is 0 Å². The second-order valence-electron chi connectivity index (χ2n) is 12.2. The van der Waals surface area contributed by atoms with Crippen molar-refractivity contribution >= 4 is 18.7 Å². The fourth-order valence-corrected chi connectivity index (χ4v) is 11.6. The minimum Gasteiger partial charge on any atom is -0.404 e. The van der Waals surface area contributed by atoms with Crippen LogP contribution in [0.2, 0.25) is 5.04 Å². The quantitative estimate of drug-likeness (QED) is 0.532. The molecule has 3 nitrogen and oxygen atoms in total. The van der Waals surface area contributed by atoms with Crippen molar-refractivity contribution in [2.24, 2.45) is 16.7 Å². The minimum atomic E-state index is -2.67. The molecular weight excluding hydrogens is 424 g/mol. The number of rotatable bonds is 6. The van der Waals surface area contributed by atoms with Gasteiger partial charge >= 0.3 is 0 Å². The van der Waals surface area contributed by atoms with Crippen molar-refractivity contribution in [2.75, 3.05) is 13.7 Å². The van der Waals surface area contributed by atoms with Gasteiger partial charge in [0.2, 0.25) is 0 Å². The molecule has 4 rings (SSSR count). The van der Waals surface area contributed by atoms with Crippen LogP contribution in [0.3, 0.4) is 0 Å². The molecule has 1 aliphatic heterocycles. The molecule has 2 fully saturated rings. The Hall–Kier alpha value is -1.46. The molecule has 1 aliphatic carbocycles. The Kier molecular flexibility index (Phi) is 6.01. The smallest absolute Gasteiger partial charge is 0.261 e. The Morgan fingerprint density at radius 1 is 0.879 bits per heavy atom. The van der Waals surface area contributed by atoms with Gasteiger partial charge in [0.1, 0.15) is 5.60 Å². The molecule has 0 spiro atoms. The van der Waals surface area contributed by atoms with Crippen molar-refractivity contribution in [1.29, 1.82) is 0 Å². The molecule has 0 radical (unpaired) electrons. The molecule has 4 heteroatoms. The number of ether oxygens (including phenoxy) is 2. The maximum atomic E-state index is 7.41. The Labute approximate surface area is 202 Å². The van der Waals surface area contributed by atoms with Gasteiger partial charge in [-0.15, -0.1) is 0 Å². The number of hydrogen-bond acceptors (Lipinski definition) is 3. The maximum absolute atomic E-state index is 7.41. The van der Waals surface area contributed by atoms with Gasteiger partial charge in [-0.1, -0.05) is 109 Å². The van der Waals surface area contributed by atoms with Gasteiger partial charge in [0.15, 0.2) is 0 Å². The van der Waals surface area contributed by atoms with Gasteiger partial charge in [0.05, 0.1) is 18.8 Å². The summed E-state index contributed by atoms with van der Waals surface area (Å²) in [5.74, 6) is 0.334. The molecule has 2 aliphatic rings. The molecule has 33 heavy (non-hydrogen) atoms. The standard InChI is InChI=1S/C29H42O3Si/c1-21-24-25(30-9)29(32-21,28(7,8)27(24,5)6)20-31-33(26(2,3)4,22-16-12-10-13-17-22)23-18-14-11-15-19-23/h10-19,21,24-25H,20H2,1-9H3/t21-,24+,25+,29-/m1/s1. The largest absolute Gasteiger partial charge is 0.404 e. The van der Waals surface area contributed by atoms with E-state index in [2.05, 4.69) is 116 Å². The van der Waals surface area contributed by atoms with Gasteiger partial charge in [-0.05, 0) is 27.8 Å². The molecule has 0 aromatic heterocycles. The molecule has 2 bridgehead atoms. The second-order valence-corrected chi connectivity index (χ2v) is 16.5. The summed E-state index contributed by atoms with van der Waals surface area (Å²) < 4.78 is 20.5. The van der Waals surface area contributed by atoms with Crippen LogP contribution in [0.1, 0.15) is 55.4 Å². The lowest BCUT2D eigenvalue weighted by molar-refractivity contribution is -0.208. The van der Waals surface area contributed by atoms with Crippen LogP contribution in [0.25, 0.3) is 0 Å². The lowest BCUT2D eigenvalue weighted by Gasteiger charge is -2.54. The summed E-state index contributed by atoms with van der Waals surface area (Å²) in [7, 11) is -0.829. The van der Waals surface area contributed by atoms with Gasteiger partial charge in [0, 0.05) is 18.4 Å². The highest BCUT2D eigenvalue weighted by atomic mass is 28.4. The third-order valence-electron chi connectivity index (χ3n) is 9.36. The van der Waals surface area contributed by atoms with Gasteiger partial charge in [0.25, 0.3) is 8.32 Å². The zero-order valence-electron chi connectivity index (χ0n) is 21.9. The van der Waals surface area contributed by atoms with Crippen LogP contribution in [-0.2, 0) is 13.9 Å². The summed E-state index contributed by atoms with van der Waals surface area (Å²) in [6, 6.07) is 21.7.